The largest absolute Gasteiger partial charge is 0.471 e. The first-order chi connectivity index (χ1) is 42.8. The summed E-state index contributed by atoms with van der Waals surface area (Å²) in [5.74, 6) is 1.02. The molecule has 0 aliphatic carbocycles. The molecule has 10 aliphatic heterocycles. The van der Waals surface area contributed by atoms with Crippen LogP contribution < -0.4 is 29.4 Å². The molecule has 0 saturated heterocycles. The van der Waals surface area contributed by atoms with Gasteiger partial charge in [-0.2, -0.15) is 11.3 Å². The Morgan fingerprint density at radius 3 is 1.60 bits per heavy atom. The average Bonchev–Trinajstić information content (AvgIpc) is 1.72. The lowest BCUT2D eigenvalue weighted by Gasteiger charge is -2.25. The van der Waals surface area contributed by atoms with Gasteiger partial charge in [0.15, 0.2) is 0 Å². The van der Waals surface area contributed by atoms with Crippen LogP contribution in [0.1, 0.15) is 54.8 Å². The van der Waals surface area contributed by atoms with E-state index >= 15 is 0 Å². The van der Waals surface area contributed by atoms with Crippen LogP contribution in [0.3, 0.4) is 0 Å². The summed E-state index contributed by atoms with van der Waals surface area (Å²) in [5.41, 5.74) is 18.9. The van der Waals surface area contributed by atoms with Crippen molar-refractivity contribution in [3.63, 3.8) is 0 Å². The molecule has 0 amide bonds. The summed E-state index contributed by atoms with van der Waals surface area (Å²) in [7, 11) is 10.9. The van der Waals surface area contributed by atoms with Crippen molar-refractivity contribution >= 4 is 126 Å². The third-order valence-corrected chi connectivity index (χ3v) is 23.6. The van der Waals surface area contributed by atoms with Gasteiger partial charge in [-0.05, 0) is 126 Å². The molecule has 15 heteroatoms. The molecule has 5 atom stereocenters. The quantitative estimate of drug-likeness (QED) is 0.145. The molecular weight excluding hydrogens is 1150 g/mol. The van der Waals surface area contributed by atoms with Gasteiger partial charge in [0, 0.05) is 168 Å². The van der Waals surface area contributed by atoms with E-state index in [2.05, 4.69) is 257 Å². The van der Waals surface area contributed by atoms with Crippen LogP contribution in [-0.2, 0) is 32.1 Å². The standard InChI is InChI=1S/C17H14N2O.C14H14N2O.3C14H14N2S/c1-18-13-7-3-4-8-14(13)19-16(18)10-12-11-6-2-5-9-15(11)20-17(12)19;2*1-9-6-16-13-4-12-8-17-7-11(12)3-10(13)5-14(16)15(9)2;1-9-8-16-13(15(9)2)7-11-10-5-3-4-6-12(10)17-14(11)16;1-9-8-16-13(15(9)2)7-12-14(16)10-5-3-4-6-11(10)17-12/h2-9,16H,10H2,1H3;2*3-4,6-8,14H,5H2,1-2H3;2*3-6,8,13H,7H2,1-2H3. The van der Waals surface area contributed by atoms with Gasteiger partial charge in [-0.1, -0.05) is 66.7 Å². The Hall–Kier alpha value is -8.76. The highest BCUT2D eigenvalue weighted by molar-refractivity contribution is 7.23. The highest BCUT2D eigenvalue weighted by atomic mass is 32.1. The minimum absolute atomic E-state index is 0.353. The van der Waals surface area contributed by atoms with Gasteiger partial charge >= 0.3 is 0 Å². The lowest BCUT2D eigenvalue weighted by atomic mass is 10.1. The van der Waals surface area contributed by atoms with Crippen molar-refractivity contribution in [2.75, 3.05) is 64.6 Å². The molecule has 0 bridgehead atoms. The van der Waals surface area contributed by atoms with E-state index in [0.29, 0.717) is 30.8 Å². The van der Waals surface area contributed by atoms with E-state index in [4.69, 9.17) is 8.83 Å². The van der Waals surface area contributed by atoms with Gasteiger partial charge in [-0.25, -0.2) is 0 Å². The van der Waals surface area contributed by atoms with E-state index in [0.717, 1.165) is 43.6 Å². The molecule has 88 heavy (non-hydrogen) atoms. The number of thiophene rings is 3. The van der Waals surface area contributed by atoms with Gasteiger partial charge < -0.3 is 52.9 Å². The fraction of sp³-hybridized carbons (Fsp3) is 0.260. The zero-order valence-corrected chi connectivity index (χ0v) is 53.6. The van der Waals surface area contributed by atoms with Crippen LogP contribution in [0, 0.1) is 0 Å². The fourth-order valence-electron chi connectivity index (χ4n) is 15.3. The minimum Gasteiger partial charge on any atom is -0.471 e. The van der Waals surface area contributed by atoms with E-state index in [1.807, 2.05) is 47.3 Å². The maximum atomic E-state index is 6.13. The van der Waals surface area contributed by atoms with Crippen LogP contribution in [0.4, 0.5) is 39.3 Å². The summed E-state index contributed by atoms with van der Waals surface area (Å²) in [4.78, 5) is 25.4. The van der Waals surface area contributed by atoms with Gasteiger partial charge in [-0.3, -0.25) is 4.90 Å². The number of fused-ring (bicyclic) bond motifs is 25. The Morgan fingerprint density at radius 1 is 0.420 bits per heavy atom. The van der Waals surface area contributed by atoms with Gasteiger partial charge in [0.25, 0.3) is 0 Å². The van der Waals surface area contributed by atoms with Gasteiger partial charge in [0.1, 0.15) is 41.4 Å². The van der Waals surface area contributed by atoms with Crippen molar-refractivity contribution in [3.05, 3.63) is 219 Å². The highest BCUT2D eigenvalue weighted by Crippen LogP contribution is 2.53. The van der Waals surface area contributed by atoms with Crippen LogP contribution in [0.25, 0.3) is 52.7 Å². The number of rotatable bonds is 0. The van der Waals surface area contributed by atoms with Gasteiger partial charge in [0.2, 0.25) is 5.88 Å². The van der Waals surface area contributed by atoms with E-state index in [9.17, 15) is 0 Å². The second-order valence-corrected chi connectivity index (χ2v) is 28.1. The first-order valence-electron chi connectivity index (χ1n) is 30.7. The zero-order valence-electron chi connectivity index (χ0n) is 51.1. The SMILES string of the molecule is CC1=CN2c3c(sc4ccccc34)CC2N1C.CC1=CN2c3cc4cocc4cc3CC2N1C.CC1=CN2c3cc4cscc4cc3CC2N1C.CC1=CN2c3sc4ccccc4c3CC2N1C.CN1c2ccccc2N2c3oc4ccccc4c3CC12. The minimum atomic E-state index is 0.353. The Morgan fingerprint density at radius 2 is 0.920 bits per heavy atom. The summed E-state index contributed by atoms with van der Waals surface area (Å²) in [6.45, 7) is 8.72. The molecule has 21 rings (SSSR count). The van der Waals surface area contributed by atoms with Crippen molar-refractivity contribution in [1.82, 2.24) is 19.6 Å². The van der Waals surface area contributed by atoms with Crippen molar-refractivity contribution in [3.8, 4) is 0 Å². The molecule has 6 aromatic carbocycles. The van der Waals surface area contributed by atoms with E-state index in [1.54, 1.807) is 11.3 Å². The fourth-order valence-corrected chi connectivity index (χ4v) is 18.5. The molecule has 0 fully saturated rings. The molecule has 15 heterocycles. The Kier molecular flexibility index (Phi) is 12.2. The van der Waals surface area contributed by atoms with Gasteiger partial charge in [0.05, 0.1) is 29.6 Å². The Labute approximate surface area is 525 Å². The summed E-state index contributed by atoms with van der Waals surface area (Å²) in [6.07, 6.45) is 20.6. The predicted octanol–water partition coefficient (Wildman–Crippen LogP) is 17.0. The first kappa shape index (κ1) is 53.5. The maximum absolute atomic E-state index is 6.13. The second kappa shape index (κ2) is 20.1. The molecule has 11 aromatic rings. The van der Waals surface area contributed by atoms with E-state index < -0.39 is 0 Å². The molecule has 442 valence electrons. The molecule has 0 saturated carbocycles. The van der Waals surface area contributed by atoms with E-state index in [1.165, 1.54) is 130 Å². The lowest BCUT2D eigenvalue weighted by Crippen LogP contribution is -2.36. The molecule has 0 N–H and O–H groups in total. The highest BCUT2D eigenvalue weighted by Gasteiger charge is 2.45. The summed E-state index contributed by atoms with van der Waals surface area (Å²) in [6, 6.07) is 43.5. The van der Waals surface area contributed by atoms with Crippen molar-refractivity contribution in [1.29, 1.82) is 0 Å². The lowest BCUT2D eigenvalue weighted by molar-refractivity contribution is 0.344. The summed E-state index contributed by atoms with van der Waals surface area (Å²) in [5, 5.41) is 15.2. The smallest absolute Gasteiger partial charge is 0.206 e. The van der Waals surface area contributed by atoms with Crippen LogP contribution >= 0.6 is 34.0 Å². The number of allylic oxidation sites excluding steroid dienone is 4. The number of hydrogen-bond donors (Lipinski definition) is 0. The third kappa shape index (κ3) is 8.11. The Bertz CT molecular complexity index is 4620. The Balaban J connectivity index is 0.0000000855. The molecular formula is C73H70N10O2S3. The molecule has 12 nitrogen and oxygen atoms in total. The first-order valence-corrected chi connectivity index (χ1v) is 33.3. The van der Waals surface area contributed by atoms with Crippen molar-refractivity contribution in [2.24, 2.45) is 0 Å². The van der Waals surface area contributed by atoms with Crippen LogP contribution in [0.2, 0.25) is 0 Å². The normalized spacial score (nSPS) is 21.4. The number of hydrogen-bond acceptors (Lipinski definition) is 15. The number of likely N-dealkylation sites (N-methyl/N-ethyl adjacent to an activating group) is 5. The molecule has 0 spiro atoms. The number of benzene rings is 6. The average molecular weight is 1220 g/mol. The van der Waals surface area contributed by atoms with Gasteiger partial charge in [-0.15, -0.1) is 22.7 Å². The number of anilines is 7. The van der Waals surface area contributed by atoms with E-state index in [-0.39, 0.29) is 0 Å². The van der Waals surface area contributed by atoms with Crippen LogP contribution in [-0.4, -0.2) is 85.7 Å². The number of para-hydroxylation sites is 3. The summed E-state index contributed by atoms with van der Waals surface area (Å²) >= 11 is 5.66. The zero-order chi connectivity index (χ0) is 59.5. The predicted molar refractivity (Wildman–Crippen MR) is 368 cm³/mol. The molecule has 5 aromatic heterocycles. The number of furan rings is 2. The van der Waals surface area contributed by atoms with Crippen LogP contribution in [0.5, 0.6) is 0 Å². The molecule has 0 radical (unpaired) electrons. The van der Waals surface area contributed by atoms with Crippen molar-refractivity contribution in [2.45, 2.75) is 90.6 Å². The maximum Gasteiger partial charge on any atom is 0.206 e. The number of nitrogens with zero attached hydrogens (tertiary/aromatic N) is 10. The summed E-state index contributed by atoms with van der Waals surface area (Å²) < 4.78 is 14.2. The topological polar surface area (TPSA) is 58.7 Å². The van der Waals surface area contributed by atoms with Crippen molar-refractivity contribution < 1.29 is 8.83 Å². The molecule has 5 unspecified atom stereocenters. The second-order valence-electron chi connectivity index (χ2n) is 25.1. The van der Waals surface area contributed by atoms with Crippen LogP contribution in [0.15, 0.2) is 201 Å². The molecule has 10 aliphatic rings. The monoisotopic (exact) mass is 1210 g/mol. The third-order valence-electron chi connectivity index (χ3n) is 20.4.